The molecule has 3 aromatic heterocycles. The second kappa shape index (κ2) is 9.30. The number of ether oxygens (including phenoxy) is 2. The molecule has 0 saturated carbocycles. The van der Waals surface area contributed by atoms with Crippen molar-refractivity contribution in [2.45, 2.75) is 12.6 Å². The lowest BCUT2D eigenvalue weighted by Crippen LogP contribution is -2.45. The number of nitrogens with one attached hydrogen (secondary N) is 1. The lowest BCUT2D eigenvalue weighted by molar-refractivity contribution is 0.00629. The number of carbonyl (C=O) groups excluding carboxylic acids is 1. The van der Waals surface area contributed by atoms with Gasteiger partial charge in [0.15, 0.2) is 17.7 Å². The predicted octanol–water partition coefficient (Wildman–Crippen LogP) is 1.93. The van der Waals surface area contributed by atoms with Gasteiger partial charge in [-0.1, -0.05) is 12.1 Å². The van der Waals surface area contributed by atoms with Crippen molar-refractivity contribution in [2.75, 3.05) is 42.7 Å². The highest BCUT2D eigenvalue weighted by molar-refractivity contribution is 5.94. The number of aromatic nitrogens is 4. The number of benzene rings is 1. The Balaban J connectivity index is 1.42. The number of morpholine rings is 1. The first-order valence-electron chi connectivity index (χ1n) is 11.8. The first kappa shape index (κ1) is 23.1. The summed E-state index contributed by atoms with van der Waals surface area (Å²) < 4.78 is 25.0. The van der Waals surface area contributed by atoms with E-state index in [2.05, 4.69) is 15.0 Å². The number of hydrogen-bond donors (Lipinski definition) is 2. The van der Waals surface area contributed by atoms with Crippen LogP contribution in [0.25, 0.3) is 17.2 Å². The molecule has 2 N–H and O–H groups in total. The van der Waals surface area contributed by atoms with E-state index < -0.39 is 12.3 Å². The molecule has 6 rings (SSSR count). The Bertz CT molecular complexity index is 1540. The molecule has 2 aliphatic heterocycles. The van der Waals surface area contributed by atoms with Crippen LogP contribution in [0.4, 0.5) is 20.6 Å². The smallest absolute Gasteiger partial charge is 0.414 e. The first-order chi connectivity index (χ1) is 18.0. The average molecular weight is 506 g/mol. The van der Waals surface area contributed by atoms with Gasteiger partial charge in [0.1, 0.15) is 18.1 Å². The van der Waals surface area contributed by atoms with Crippen molar-refractivity contribution in [3.05, 3.63) is 76.2 Å². The van der Waals surface area contributed by atoms with Crippen LogP contribution in [0.5, 0.6) is 0 Å². The van der Waals surface area contributed by atoms with Crippen LogP contribution in [0.3, 0.4) is 0 Å². The molecule has 12 heteroatoms. The summed E-state index contributed by atoms with van der Waals surface area (Å²) in [5.41, 5.74) is 2.78. The maximum absolute atomic E-state index is 13.3. The minimum atomic E-state index is -0.893. The van der Waals surface area contributed by atoms with E-state index in [-0.39, 0.29) is 30.2 Å². The molecule has 190 valence electrons. The second-order valence-corrected chi connectivity index (χ2v) is 8.83. The van der Waals surface area contributed by atoms with Crippen LogP contribution >= 0.6 is 0 Å². The third kappa shape index (κ3) is 4.41. The van der Waals surface area contributed by atoms with Gasteiger partial charge in [-0.15, -0.1) is 0 Å². The van der Waals surface area contributed by atoms with Crippen molar-refractivity contribution in [2.24, 2.45) is 0 Å². The van der Waals surface area contributed by atoms with Crippen LogP contribution in [0, 0.1) is 5.82 Å². The number of anilines is 2. The molecule has 0 aliphatic carbocycles. The third-order valence-electron chi connectivity index (χ3n) is 6.39. The molecule has 1 aromatic carbocycles. The summed E-state index contributed by atoms with van der Waals surface area (Å²) in [4.78, 5) is 41.1. The fourth-order valence-electron chi connectivity index (χ4n) is 4.55. The van der Waals surface area contributed by atoms with E-state index in [9.17, 15) is 19.1 Å². The minimum absolute atomic E-state index is 0.129. The Hall–Kier alpha value is -4.29. The summed E-state index contributed by atoms with van der Waals surface area (Å²) in [6.07, 6.45) is 2.30. The molecule has 1 atom stereocenters. The molecule has 0 radical (unpaired) electrons. The summed E-state index contributed by atoms with van der Waals surface area (Å²) in [5, 5.41) is 10.4. The molecule has 1 unspecified atom stereocenters. The quantitative estimate of drug-likeness (QED) is 0.421. The van der Waals surface area contributed by atoms with E-state index in [1.54, 1.807) is 35.5 Å². The topological polar surface area (TPSA) is 125 Å². The van der Waals surface area contributed by atoms with Gasteiger partial charge >= 0.3 is 6.09 Å². The molecular formula is C25H23FN6O5. The molecule has 4 aromatic rings. The molecule has 5 heterocycles. The third-order valence-corrected chi connectivity index (χ3v) is 6.39. The zero-order valence-corrected chi connectivity index (χ0v) is 19.6. The monoisotopic (exact) mass is 506 g/mol. The standard InChI is InChI=1S/C25H23FN6O5/c26-16-3-1-15(2-4-16)9-17-12-27-23(28-17)19-11-21(33)32-13-18(30-5-7-36-14-22(30)34)10-20(24(32)29-19)31-6-8-37-25(31)35/h1-4,10-13,22,34H,5-9,14H2,(H,27,28). The van der Waals surface area contributed by atoms with Gasteiger partial charge in [-0.25, -0.2) is 19.2 Å². The molecular weight excluding hydrogens is 483 g/mol. The van der Waals surface area contributed by atoms with E-state index in [1.807, 2.05) is 0 Å². The molecule has 2 fully saturated rings. The first-order valence-corrected chi connectivity index (χ1v) is 11.8. The van der Waals surface area contributed by atoms with E-state index in [4.69, 9.17) is 9.47 Å². The van der Waals surface area contributed by atoms with Crippen molar-refractivity contribution in [3.8, 4) is 11.5 Å². The summed E-state index contributed by atoms with van der Waals surface area (Å²) in [6.45, 7) is 1.47. The predicted molar refractivity (Wildman–Crippen MR) is 131 cm³/mol. The molecule has 37 heavy (non-hydrogen) atoms. The maximum Gasteiger partial charge on any atom is 0.414 e. The number of fused-ring (bicyclic) bond motifs is 1. The maximum atomic E-state index is 13.3. The number of cyclic esters (lactones) is 1. The normalized spacial score (nSPS) is 18.0. The molecule has 11 nitrogen and oxygen atoms in total. The van der Waals surface area contributed by atoms with Gasteiger partial charge < -0.3 is 24.5 Å². The fourth-order valence-corrected chi connectivity index (χ4v) is 4.55. The van der Waals surface area contributed by atoms with Gasteiger partial charge in [0, 0.05) is 37.1 Å². The van der Waals surface area contributed by atoms with E-state index in [0.29, 0.717) is 49.0 Å². The van der Waals surface area contributed by atoms with E-state index in [0.717, 1.165) is 11.3 Å². The van der Waals surface area contributed by atoms with Crippen molar-refractivity contribution >= 4 is 23.1 Å². The van der Waals surface area contributed by atoms with Crippen LogP contribution in [0.2, 0.25) is 0 Å². The lowest BCUT2D eigenvalue weighted by atomic mass is 10.1. The lowest BCUT2D eigenvalue weighted by Gasteiger charge is -2.34. The summed E-state index contributed by atoms with van der Waals surface area (Å²) in [5.74, 6) is 0.0817. The number of hydrogen-bond acceptors (Lipinski definition) is 8. The number of amides is 1. The second-order valence-electron chi connectivity index (χ2n) is 8.83. The molecule has 2 saturated heterocycles. The number of pyridine rings is 1. The van der Waals surface area contributed by atoms with Crippen LogP contribution < -0.4 is 15.4 Å². The van der Waals surface area contributed by atoms with Crippen LogP contribution in [-0.2, 0) is 15.9 Å². The van der Waals surface area contributed by atoms with Crippen molar-refractivity contribution < 1.29 is 23.8 Å². The molecule has 0 bridgehead atoms. The van der Waals surface area contributed by atoms with E-state index >= 15 is 0 Å². The van der Waals surface area contributed by atoms with Gasteiger partial charge in [-0.05, 0) is 23.8 Å². The summed E-state index contributed by atoms with van der Waals surface area (Å²) in [6, 6.07) is 9.26. The Kier molecular flexibility index (Phi) is 5.81. The van der Waals surface area contributed by atoms with Gasteiger partial charge in [0.05, 0.1) is 31.1 Å². The number of halogens is 1. The number of H-pyrrole nitrogens is 1. The molecule has 1 amide bonds. The molecule has 0 spiro atoms. The van der Waals surface area contributed by atoms with Gasteiger partial charge in [0.2, 0.25) is 0 Å². The largest absolute Gasteiger partial charge is 0.447 e. The Morgan fingerprint density at radius 3 is 2.73 bits per heavy atom. The number of rotatable bonds is 5. The Morgan fingerprint density at radius 2 is 1.97 bits per heavy atom. The summed E-state index contributed by atoms with van der Waals surface area (Å²) in [7, 11) is 0. The Morgan fingerprint density at radius 1 is 1.14 bits per heavy atom. The SMILES string of the molecule is O=C1OCCN1c1cc(N2CCOCC2O)cn2c(=O)cc(-c3ncc(Cc4ccc(F)cc4)[nH]3)nc12. The number of aliphatic hydroxyl groups excluding tert-OH is 1. The van der Waals surface area contributed by atoms with Crippen molar-refractivity contribution in [1.82, 2.24) is 19.4 Å². The number of aliphatic hydroxyl groups is 1. The van der Waals surface area contributed by atoms with Gasteiger partial charge in [-0.2, -0.15) is 0 Å². The highest BCUT2D eigenvalue weighted by Crippen LogP contribution is 2.30. The number of imidazole rings is 1. The van der Waals surface area contributed by atoms with Gasteiger partial charge in [-0.3, -0.25) is 14.1 Å². The number of nitrogens with zero attached hydrogens (tertiary/aromatic N) is 5. The van der Waals surface area contributed by atoms with Gasteiger partial charge in [0.25, 0.3) is 5.56 Å². The highest BCUT2D eigenvalue weighted by Gasteiger charge is 2.29. The average Bonchev–Trinajstić information content (AvgIpc) is 3.54. The van der Waals surface area contributed by atoms with Crippen molar-refractivity contribution in [3.63, 3.8) is 0 Å². The van der Waals surface area contributed by atoms with E-state index in [1.165, 1.54) is 27.5 Å². The van der Waals surface area contributed by atoms with Crippen LogP contribution in [0.1, 0.15) is 11.3 Å². The zero-order valence-electron chi connectivity index (χ0n) is 19.6. The molecule has 2 aliphatic rings. The fraction of sp³-hybridized carbons (Fsp3) is 0.280. The zero-order chi connectivity index (χ0) is 25.5. The number of aromatic amines is 1. The van der Waals surface area contributed by atoms with Crippen molar-refractivity contribution in [1.29, 1.82) is 0 Å². The van der Waals surface area contributed by atoms with Crippen LogP contribution in [-0.4, -0.2) is 69.7 Å². The summed E-state index contributed by atoms with van der Waals surface area (Å²) >= 11 is 0. The Labute approximate surface area is 209 Å². The van der Waals surface area contributed by atoms with Crippen LogP contribution in [0.15, 0.2) is 53.6 Å². The number of carbonyl (C=O) groups is 1. The highest BCUT2D eigenvalue weighted by atomic mass is 19.1. The minimum Gasteiger partial charge on any atom is -0.447 e.